The van der Waals surface area contributed by atoms with E-state index in [0.29, 0.717) is 6.04 Å². The van der Waals surface area contributed by atoms with Crippen molar-refractivity contribution < 1.29 is 4.79 Å². The fourth-order valence-corrected chi connectivity index (χ4v) is 5.62. The van der Waals surface area contributed by atoms with Gasteiger partial charge in [-0.15, -0.1) is 0 Å². The third-order valence-corrected chi connectivity index (χ3v) is 6.63. The highest BCUT2D eigenvalue weighted by molar-refractivity contribution is 8.77. The van der Waals surface area contributed by atoms with Crippen molar-refractivity contribution in [2.45, 2.75) is 69.1 Å². The maximum absolute atomic E-state index is 11.7. The number of nitrogens with one attached hydrogen (secondary N) is 1. The highest BCUT2D eigenvalue weighted by Crippen LogP contribution is 2.39. The molecule has 1 aliphatic carbocycles. The molecule has 1 atom stereocenters. The van der Waals surface area contributed by atoms with Gasteiger partial charge in [0.25, 0.3) is 0 Å². The molecule has 0 bridgehead atoms. The van der Waals surface area contributed by atoms with Gasteiger partial charge in [-0.05, 0) is 32.1 Å². The quantitative estimate of drug-likeness (QED) is 0.590. The number of unbranched alkanes of at least 4 members (excludes halogenated alkanes) is 1. The van der Waals surface area contributed by atoms with Crippen LogP contribution in [0.25, 0.3) is 0 Å². The van der Waals surface area contributed by atoms with E-state index in [9.17, 15) is 4.79 Å². The van der Waals surface area contributed by atoms with Crippen molar-refractivity contribution in [1.29, 1.82) is 0 Å². The van der Waals surface area contributed by atoms with Crippen molar-refractivity contribution in [1.82, 2.24) is 5.32 Å². The molecule has 17 heavy (non-hydrogen) atoms. The maximum Gasteiger partial charge on any atom is 0.220 e. The standard InChI is InChI=1S/C13H23NOS2/c15-13(14-11-5-1-2-6-11)8-4-3-7-12-9-10-16-17-12/h11-12H,1-10H2,(H,14,15)/t12-/m1/s1. The minimum atomic E-state index is 0.283. The molecule has 0 radical (unpaired) electrons. The summed E-state index contributed by atoms with van der Waals surface area (Å²) in [7, 11) is 4.05. The molecule has 1 saturated carbocycles. The molecular weight excluding hydrogens is 250 g/mol. The van der Waals surface area contributed by atoms with Gasteiger partial charge in [0.15, 0.2) is 0 Å². The van der Waals surface area contributed by atoms with Gasteiger partial charge in [0.1, 0.15) is 0 Å². The molecule has 4 heteroatoms. The predicted octanol–water partition coefficient (Wildman–Crippen LogP) is 3.76. The van der Waals surface area contributed by atoms with Crippen LogP contribution in [0.4, 0.5) is 0 Å². The Labute approximate surface area is 112 Å². The lowest BCUT2D eigenvalue weighted by molar-refractivity contribution is -0.121. The van der Waals surface area contributed by atoms with Crippen LogP contribution in [0.3, 0.4) is 0 Å². The molecule has 1 amide bonds. The van der Waals surface area contributed by atoms with Crippen molar-refractivity contribution in [3.8, 4) is 0 Å². The van der Waals surface area contributed by atoms with E-state index in [2.05, 4.69) is 5.32 Å². The highest BCUT2D eigenvalue weighted by atomic mass is 33.1. The summed E-state index contributed by atoms with van der Waals surface area (Å²) in [5.74, 6) is 1.60. The Hall–Kier alpha value is 0.170. The second-order valence-corrected chi connectivity index (χ2v) is 7.91. The number of hydrogen-bond acceptors (Lipinski definition) is 3. The molecule has 0 spiro atoms. The molecule has 1 heterocycles. The van der Waals surface area contributed by atoms with E-state index in [1.807, 2.05) is 21.6 Å². The Kier molecular flexibility index (Phi) is 6.06. The first-order chi connectivity index (χ1) is 8.34. The Morgan fingerprint density at radius 1 is 1.18 bits per heavy atom. The molecule has 2 rings (SSSR count). The van der Waals surface area contributed by atoms with Crippen LogP contribution in [0.5, 0.6) is 0 Å². The average molecular weight is 273 g/mol. The van der Waals surface area contributed by atoms with Crippen molar-refractivity contribution >= 4 is 27.5 Å². The first kappa shape index (κ1) is 13.6. The van der Waals surface area contributed by atoms with Gasteiger partial charge in [0, 0.05) is 23.5 Å². The topological polar surface area (TPSA) is 29.1 Å². The molecule has 2 nitrogen and oxygen atoms in total. The van der Waals surface area contributed by atoms with Crippen LogP contribution >= 0.6 is 21.6 Å². The van der Waals surface area contributed by atoms with E-state index < -0.39 is 0 Å². The van der Waals surface area contributed by atoms with E-state index in [1.165, 1.54) is 50.7 Å². The van der Waals surface area contributed by atoms with E-state index >= 15 is 0 Å². The third kappa shape index (κ3) is 5.12. The monoisotopic (exact) mass is 273 g/mol. The number of rotatable bonds is 6. The van der Waals surface area contributed by atoms with Gasteiger partial charge in [0.05, 0.1) is 0 Å². The Bertz CT molecular complexity index is 236. The number of carbonyl (C=O) groups excluding carboxylic acids is 1. The van der Waals surface area contributed by atoms with Gasteiger partial charge < -0.3 is 5.32 Å². The first-order valence-electron chi connectivity index (χ1n) is 6.92. The summed E-state index contributed by atoms with van der Waals surface area (Å²) in [6.07, 6.45) is 10.7. The molecule has 0 unspecified atom stereocenters. The van der Waals surface area contributed by atoms with Crippen LogP contribution in [-0.4, -0.2) is 23.0 Å². The minimum absolute atomic E-state index is 0.283. The fraction of sp³-hybridized carbons (Fsp3) is 0.923. The summed E-state index contributed by atoms with van der Waals surface area (Å²) >= 11 is 0. The maximum atomic E-state index is 11.7. The Morgan fingerprint density at radius 3 is 2.71 bits per heavy atom. The zero-order valence-corrected chi connectivity index (χ0v) is 12.1. The highest BCUT2D eigenvalue weighted by Gasteiger charge is 2.18. The minimum Gasteiger partial charge on any atom is -0.353 e. The smallest absolute Gasteiger partial charge is 0.220 e. The van der Waals surface area contributed by atoms with Crippen molar-refractivity contribution in [3.63, 3.8) is 0 Å². The van der Waals surface area contributed by atoms with Gasteiger partial charge in [-0.2, -0.15) is 0 Å². The lowest BCUT2D eigenvalue weighted by Crippen LogP contribution is -2.32. The van der Waals surface area contributed by atoms with Crippen molar-refractivity contribution in [3.05, 3.63) is 0 Å². The van der Waals surface area contributed by atoms with E-state index in [0.717, 1.165) is 18.1 Å². The molecule has 0 aromatic heterocycles. The van der Waals surface area contributed by atoms with E-state index in [-0.39, 0.29) is 5.91 Å². The van der Waals surface area contributed by atoms with Crippen LogP contribution in [0.15, 0.2) is 0 Å². The predicted molar refractivity (Wildman–Crippen MR) is 77.3 cm³/mol. The van der Waals surface area contributed by atoms with E-state index in [4.69, 9.17) is 0 Å². The normalized spacial score (nSPS) is 25.3. The fourth-order valence-electron chi connectivity index (χ4n) is 2.59. The lowest BCUT2D eigenvalue weighted by Gasteiger charge is -2.12. The van der Waals surface area contributed by atoms with Gasteiger partial charge >= 0.3 is 0 Å². The van der Waals surface area contributed by atoms with Crippen LogP contribution in [0.2, 0.25) is 0 Å². The summed E-state index contributed by atoms with van der Waals surface area (Å²) < 4.78 is 0. The number of hydrogen-bond donors (Lipinski definition) is 1. The Balaban J connectivity index is 1.47. The molecule has 0 aromatic rings. The molecular formula is C13H23NOS2. The van der Waals surface area contributed by atoms with E-state index in [1.54, 1.807) is 0 Å². The number of amides is 1. The van der Waals surface area contributed by atoms with Crippen LogP contribution in [0.1, 0.15) is 57.8 Å². The van der Waals surface area contributed by atoms with Gasteiger partial charge in [0.2, 0.25) is 5.91 Å². The molecule has 0 aromatic carbocycles. The SMILES string of the molecule is O=C(CCCC[C@@H]1CCSS1)NC1CCCC1. The van der Waals surface area contributed by atoms with Gasteiger partial charge in [-0.3, -0.25) is 4.79 Å². The average Bonchev–Trinajstić information content (AvgIpc) is 2.96. The third-order valence-electron chi connectivity index (χ3n) is 3.63. The van der Waals surface area contributed by atoms with Gasteiger partial charge in [-0.1, -0.05) is 40.9 Å². The Morgan fingerprint density at radius 2 is 2.00 bits per heavy atom. The van der Waals surface area contributed by atoms with Gasteiger partial charge in [-0.25, -0.2) is 0 Å². The summed E-state index contributed by atoms with van der Waals surface area (Å²) in [4.78, 5) is 11.7. The zero-order chi connectivity index (χ0) is 11.9. The van der Waals surface area contributed by atoms with Crippen LogP contribution < -0.4 is 5.32 Å². The molecule has 2 fully saturated rings. The van der Waals surface area contributed by atoms with Crippen LogP contribution in [-0.2, 0) is 4.79 Å². The summed E-state index contributed by atoms with van der Waals surface area (Å²) in [5.41, 5.74) is 0. The first-order valence-corrected chi connectivity index (χ1v) is 9.30. The molecule has 2 aliphatic rings. The molecule has 1 saturated heterocycles. The van der Waals surface area contributed by atoms with Crippen molar-refractivity contribution in [2.24, 2.45) is 0 Å². The summed E-state index contributed by atoms with van der Waals surface area (Å²) in [6, 6.07) is 0.490. The van der Waals surface area contributed by atoms with Crippen LogP contribution in [0, 0.1) is 0 Å². The molecule has 98 valence electrons. The van der Waals surface area contributed by atoms with Crippen molar-refractivity contribution in [2.75, 3.05) is 5.75 Å². The lowest BCUT2D eigenvalue weighted by atomic mass is 10.1. The second-order valence-electron chi connectivity index (χ2n) is 5.12. The summed E-state index contributed by atoms with van der Waals surface area (Å²) in [6.45, 7) is 0. The molecule has 1 N–H and O–H groups in total. The molecule has 1 aliphatic heterocycles. The summed E-state index contributed by atoms with van der Waals surface area (Å²) in [5, 5.41) is 4.02. The second kappa shape index (κ2) is 7.57. The number of carbonyl (C=O) groups is 1. The zero-order valence-electron chi connectivity index (χ0n) is 10.5. The largest absolute Gasteiger partial charge is 0.353 e.